The molecule has 0 aliphatic heterocycles. The third kappa shape index (κ3) is 4.59. The van der Waals surface area contributed by atoms with E-state index in [1.807, 2.05) is 18.2 Å². The van der Waals surface area contributed by atoms with E-state index in [-0.39, 0.29) is 17.5 Å². The van der Waals surface area contributed by atoms with Crippen LogP contribution in [0.4, 0.5) is 5.69 Å². The number of carbonyl (C=O) groups is 2. The molecule has 0 saturated carbocycles. The SMILES string of the molecule is O=C(/C=C/c1ccc(-c2ccc(Cl)cc2)o1)c1ccc(NC(=O)c2ccco2)cc1. The summed E-state index contributed by atoms with van der Waals surface area (Å²) in [6, 6.07) is 20.8. The number of hydrogen-bond acceptors (Lipinski definition) is 4. The van der Waals surface area contributed by atoms with Crippen molar-refractivity contribution in [2.45, 2.75) is 0 Å². The van der Waals surface area contributed by atoms with Crippen molar-refractivity contribution in [1.29, 1.82) is 0 Å². The van der Waals surface area contributed by atoms with E-state index >= 15 is 0 Å². The number of ketones is 1. The van der Waals surface area contributed by atoms with Gasteiger partial charge in [0, 0.05) is 21.8 Å². The zero-order chi connectivity index (χ0) is 20.9. The molecule has 0 saturated heterocycles. The largest absolute Gasteiger partial charge is 0.459 e. The summed E-state index contributed by atoms with van der Waals surface area (Å²) in [5.74, 6) is 0.942. The zero-order valence-electron chi connectivity index (χ0n) is 15.7. The van der Waals surface area contributed by atoms with E-state index in [4.69, 9.17) is 20.4 Å². The van der Waals surface area contributed by atoms with Crippen LogP contribution in [0.5, 0.6) is 0 Å². The van der Waals surface area contributed by atoms with E-state index in [0.717, 1.165) is 5.56 Å². The van der Waals surface area contributed by atoms with Crippen LogP contribution in [-0.4, -0.2) is 11.7 Å². The van der Waals surface area contributed by atoms with Crippen molar-refractivity contribution >= 4 is 35.1 Å². The quantitative estimate of drug-likeness (QED) is 0.293. The van der Waals surface area contributed by atoms with Gasteiger partial charge in [0.25, 0.3) is 5.91 Å². The van der Waals surface area contributed by atoms with Gasteiger partial charge in [0.15, 0.2) is 11.5 Å². The van der Waals surface area contributed by atoms with E-state index in [1.165, 1.54) is 12.3 Å². The maximum absolute atomic E-state index is 12.4. The lowest BCUT2D eigenvalue weighted by Crippen LogP contribution is -2.10. The lowest BCUT2D eigenvalue weighted by Gasteiger charge is -2.03. The second-order valence-corrected chi connectivity index (χ2v) is 6.85. The highest BCUT2D eigenvalue weighted by atomic mass is 35.5. The average Bonchev–Trinajstić information content (AvgIpc) is 3.45. The van der Waals surface area contributed by atoms with Crippen LogP contribution in [0, 0.1) is 0 Å². The molecule has 5 nitrogen and oxygen atoms in total. The van der Waals surface area contributed by atoms with Crippen molar-refractivity contribution in [2.75, 3.05) is 5.32 Å². The van der Waals surface area contributed by atoms with E-state index in [1.54, 1.807) is 60.7 Å². The Bertz CT molecular complexity index is 1190. The molecule has 0 spiro atoms. The number of furan rings is 2. The van der Waals surface area contributed by atoms with Crippen molar-refractivity contribution in [3.63, 3.8) is 0 Å². The molecule has 2 aromatic carbocycles. The van der Waals surface area contributed by atoms with E-state index in [2.05, 4.69) is 5.32 Å². The van der Waals surface area contributed by atoms with E-state index in [9.17, 15) is 9.59 Å². The van der Waals surface area contributed by atoms with Gasteiger partial charge in [-0.3, -0.25) is 9.59 Å². The minimum atomic E-state index is -0.353. The summed E-state index contributed by atoms with van der Waals surface area (Å²) in [6.07, 6.45) is 4.50. The fourth-order valence-electron chi connectivity index (χ4n) is 2.78. The molecule has 4 aromatic rings. The minimum Gasteiger partial charge on any atom is -0.459 e. The van der Waals surface area contributed by atoms with Crippen LogP contribution in [0.3, 0.4) is 0 Å². The first kappa shape index (κ1) is 19.5. The fraction of sp³-hybridized carbons (Fsp3) is 0. The number of rotatable bonds is 6. The van der Waals surface area contributed by atoms with Crippen LogP contribution in [-0.2, 0) is 0 Å². The maximum atomic E-state index is 12.4. The topological polar surface area (TPSA) is 72.5 Å². The highest BCUT2D eigenvalue weighted by Crippen LogP contribution is 2.24. The third-order valence-electron chi connectivity index (χ3n) is 4.33. The standard InChI is InChI=1S/C24H16ClNO4/c25-18-7-3-17(4-8-18)22-14-12-20(30-22)11-13-21(27)16-5-9-19(10-6-16)26-24(28)23-2-1-15-29-23/h1-15H,(H,26,28)/b13-11+. The average molecular weight is 418 g/mol. The third-order valence-corrected chi connectivity index (χ3v) is 4.58. The van der Waals surface area contributed by atoms with Gasteiger partial charge in [-0.15, -0.1) is 0 Å². The predicted molar refractivity (Wildman–Crippen MR) is 116 cm³/mol. The zero-order valence-corrected chi connectivity index (χ0v) is 16.4. The number of allylic oxidation sites excluding steroid dienone is 1. The van der Waals surface area contributed by atoms with Gasteiger partial charge in [0.2, 0.25) is 0 Å². The van der Waals surface area contributed by atoms with Crippen LogP contribution in [0.2, 0.25) is 5.02 Å². The molecule has 6 heteroatoms. The predicted octanol–water partition coefficient (Wildman–Crippen LogP) is 6.34. The van der Waals surface area contributed by atoms with Crippen molar-refractivity contribution in [1.82, 2.24) is 0 Å². The van der Waals surface area contributed by atoms with Crippen LogP contribution < -0.4 is 5.32 Å². The van der Waals surface area contributed by atoms with Gasteiger partial charge in [-0.2, -0.15) is 0 Å². The van der Waals surface area contributed by atoms with Crippen molar-refractivity contribution in [3.05, 3.63) is 107 Å². The summed E-state index contributed by atoms with van der Waals surface area (Å²) < 4.78 is 10.8. The van der Waals surface area contributed by atoms with Gasteiger partial charge in [0.05, 0.1) is 6.26 Å². The first-order chi connectivity index (χ1) is 14.6. The number of carbonyl (C=O) groups excluding carboxylic acids is 2. The monoisotopic (exact) mass is 417 g/mol. The molecule has 0 aliphatic carbocycles. The van der Waals surface area contributed by atoms with Gasteiger partial charge in [-0.05, 0) is 84.9 Å². The molecule has 1 amide bonds. The molecule has 2 aromatic heterocycles. The summed E-state index contributed by atoms with van der Waals surface area (Å²) in [4.78, 5) is 24.4. The van der Waals surface area contributed by atoms with Crippen LogP contribution in [0.25, 0.3) is 17.4 Å². The number of hydrogen-bond donors (Lipinski definition) is 1. The summed E-state index contributed by atoms with van der Waals surface area (Å²) >= 11 is 5.90. The Kier molecular flexibility index (Phi) is 5.63. The first-order valence-electron chi connectivity index (χ1n) is 9.11. The molecule has 0 unspecified atom stereocenters. The highest BCUT2D eigenvalue weighted by molar-refractivity contribution is 6.30. The fourth-order valence-corrected chi connectivity index (χ4v) is 2.91. The second-order valence-electron chi connectivity index (χ2n) is 6.42. The number of benzene rings is 2. The summed E-state index contributed by atoms with van der Waals surface area (Å²) in [5, 5.41) is 3.36. The van der Waals surface area contributed by atoms with Crippen molar-refractivity contribution in [3.8, 4) is 11.3 Å². The number of anilines is 1. The lowest BCUT2D eigenvalue weighted by molar-refractivity contribution is 0.0996. The molecule has 1 N–H and O–H groups in total. The van der Waals surface area contributed by atoms with Gasteiger partial charge in [0.1, 0.15) is 11.5 Å². The van der Waals surface area contributed by atoms with Crippen LogP contribution in [0.15, 0.2) is 94.0 Å². The Morgan fingerprint density at radius 3 is 2.37 bits per heavy atom. The Balaban J connectivity index is 1.39. The smallest absolute Gasteiger partial charge is 0.291 e. The molecule has 0 fully saturated rings. The summed E-state index contributed by atoms with van der Waals surface area (Å²) in [5.41, 5.74) is 1.96. The molecular formula is C24H16ClNO4. The highest BCUT2D eigenvalue weighted by Gasteiger charge is 2.09. The molecule has 0 aliphatic rings. The molecule has 0 atom stereocenters. The molecule has 0 bridgehead atoms. The molecule has 0 radical (unpaired) electrons. The number of amides is 1. The minimum absolute atomic E-state index is 0.177. The summed E-state index contributed by atoms with van der Waals surface area (Å²) in [7, 11) is 0. The lowest BCUT2D eigenvalue weighted by atomic mass is 10.1. The molecule has 2 heterocycles. The van der Waals surface area contributed by atoms with Crippen molar-refractivity contribution < 1.29 is 18.4 Å². The summed E-state index contributed by atoms with van der Waals surface area (Å²) in [6.45, 7) is 0. The van der Waals surface area contributed by atoms with Gasteiger partial charge in [-0.25, -0.2) is 0 Å². The Hall–Kier alpha value is -3.83. The Labute approximate surface area is 177 Å². The van der Waals surface area contributed by atoms with Crippen molar-refractivity contribution in [2.24, 2.45) is 0 Å². The van der Waals surface area contributed by atoms with Gasteiger partial charge < -0.3 is 14.2 Å². The van der Waals surface area contributed by atoms with Gasteiger partial charge in [-0.1, -0.05) is 11.6 Å². The Morgan fingerprint density at radius 1 is 0.900 bits per heavy atom. The molecule has 4 rings (SSSR count). The number of nitrogens with one attached hydrogen (secondary N) is 1. The number of halogens is 1. The first-order valence-corrected chi connectivity index (χ1v) is 9.49. The maximum Gasteiger partial charge on any atom is 0.291 e. The normalized spacial score (nSPS) is 11.0. The van der Waals surface area contributed by atoms with Crippen LogP contribution >= 0.6 is 11.6 Å². The molecule has 148 valence electrons. The van der Waals surface area contributed by atoms with E-state index < -0.39 is 0 Å². The second kappa shape index (κ2) is 8.68. The van der Waals surface area contributed by atoms with E-state index in [0.29, 0.717) is 27.8 Å². The molecule has 30 heavy (non-hydrogen) atoms. The van der Waals surface area contributed by atoms with Crippen LogP contribution in [0.1, 0.15) is 26.7 Å². The molecular weight excluding hydrogens is 402 g/mol. The Morgan fingerprint density at radius 2 is 1.67 bits per heavy atom. The van der Waals surface area contributed by atoms with Gasteiger partial charge >= 0.3 is 0 Å².